The number of carbonyl (C=O) groups excluding carboxylic acids is 1. The van der Waals surface area contributed by atoms with E-state index in [1.165, 1.54) is 11.1 Å². The minimum Gasteiger partial charge on any atom is -0.508 e. The number of nitrogens with one attached hydrogen (secondary N) is 1. The van der Waals surface area contributed by atoms with E-state index < -0.39 is 0 Å². The van der Waals surface area contributed by atoms with Gasteiger partial charge in [0.2, 0.25) is 0 Å². The predicted octanol–water partition coefficient (Wildman–Crippen LogP) is 5.31. The molecule has 0 unspecified atom stereocenters. The van der Waals surface area contributed by atoms with E-state index in [4.69, 9.17) is 4.74 Å². The van der Waals surface area contributed by atoms with E-state index in [0.29, 0.717) is 19.6 Å². The zero-order valence-electron chi connectivity index (χ0n) is 18.9. The molecule has 2 N–H and O–H groups in total. The third-order valence-electron chi connectivity index (χ3n) is 6.20. The number of para-hydroxylation sites is 1. The van der Waals surface area contributed by atoms with Crippen molar-refractivity contribution in [2.75, 3.05) is 19.7 Å². The molecule has 4 rings (SSSR count). The standard InChI is InChI=1S/C28H32N2O3/c31-27-16-8-7-14-24(27)20-30(21-25-15-9-19-33-25)28(32)29-18-17-26(22-10-3-1-4-11-22)23-12-5-2-6-13-23/h1-8,10-14,16,25-26,31H,9,15,17-21H2,(H,29,32)/t25-/m1/s1. The summed E-state index contributed by atoms with van der Waals surface area (Å²) in [6, 6.07) is 27.9. The van der Waals surface area contributed by atoms with Crippen LogP contribution in [0.1, 0.15) is 41.9 Å². The summed E-state index contributed by atoms with van der Waals surface area (Å²) in [7, 11) is 0. The lowest BCUT2D eigenvalue weighted by atomic mass is 9.88. The van der Waals surface area contributed by atoms with Gasteiger partial charge in [0.25, 0.3) is 0 Å². The molecule has 0 aliphatic carbocycles. The lowest BCUT2D eigenvalue weighted by Crippen LogP contribution is -2.43. The van der Waals surface area contributed by atoms with Gasteiger partial charge in [-0.3, -0.25) is 0 Å². The zero-order valence-corrected chi connectivity index (χ0v) is 18.9. The Morgan fingerprint density at radius 3 is 2.21 bits per heavy atom. The van der Waals surface area contributed by atoms with Gasteiger partial charge in [0.05, 0.1) is 12.6 Å². The van der Waals surface area contributed by atoms with E-state index in [-0.39, 0.29) is 23.8 Å². The van der Waals surface area contributed by atoms with Gasteiger partial charge in [-0.05, 0) is 36.5 Å². The SMILES string of the molecule is O=C(NCCC(c1ccccc1)c1ccccc1)N(Cc1ccccc1O)C[C@H]1CCCO1. The maximum absolute atomic E-state index is 13.2. The first kappa shape index (κ1) is 22.9. The highest BCUT2D eigenvalue weighted by molar-refractivity contribution is 5.74. The second kappa shape index (κ2) is 11.5. The van der Waals surface area contributed by atoms with Crippen molar-refractivity contribution in [1.82, 2.24) is 10.2 Å². The maximum Gasteiger partial charge on any atom is 0.317 e. The number of phenols is 1. The highest BCUT2D eigenvalue weighted by atomic mass is 16.5. The number of ether oxygens (including phenoxy) is 1. The summed E-state index contributed by atoms with van der Waals surface area (Å²) in [4.78, 5) is 14.9. The van der Waals surface area contributed by atoms with Crippen molar-refractivity contribution >= 4 is 6.03 Å². The minimum atomic E-state index is -0.131. The summed E-state index contributed by atoms with van der Waals surface area (Å²) < 4.78 is 5.78. The van der Waals surface area contributed by atoms with Crippen molar-refractivity contribution in [1.29, 1.82) is 0 Å². The van der Waals surface area contributed by atoms with Gasteiger partial charge in [0, 0.05) is 31.2 Å². The molecule has 3 aromatic rings. The molecule has 1 atom stereocenters. The fourth-order valence-electron chi connectivity index (χ4n) is 4.44. The smallest absolute Gasteiger partial charge is 0.317 e. The molecule has 0 radical (unpaired) electrons. The van der Waals surface area contributed by atoms with Crippen molar-refractivity contribution in [3.05, 3.63) is 102 Å². The van der Waals surface area contributed by atoms with E-state index in [9.17, 15) is 9.90 Å². The summed E-state index contributed by atoms with van der Waals surface area (Å²) in [6.07, 6.45) is 2.81. The number of phenolic OH excluding ortho intramolecular Hbond substituents is 1. The molecule has 33 heavy (non-hydrogen) atoms. The zero-order chi connectivity index (χ0) is 22.9. The molecule has 5 nitrogen and oxygen atoms in total. The highest BCUT2D eigenvalue weighted by Gasteiger charge is 2.24. The number of hydrogen-bond acceptors (Lipinski definition) is 3. The Balaban J connectivity index is 1.42. The van der Waals surface area contributed by atoms with Crippen molar-refractivity contribution < 1.29 is 14.6 Å². The predicted molar refractivity (Wildman–Crippen MR) is 130 cm³/mol. The van der Waals surface area contributed by atoms with E-state index in [1.807, 2.05) is 24.3 Å². The largest absolute Gasteiger partial charge is 0.508 e. The van der Waals surface area contributed by atoms with Crippen molar-refractivity contribution in [2.45, 2.75) is 37.8 Å². The molecule has 1 saturated heterocycles. The molecule has 3 aromatic carbocycles. The number of aromatic hydroxyl groups is 1. The average Bonchev–Trinajstić information content (AvgIpc) is 3.37. The number of amides is 2. The summed E-state index contributed by atoms with van der Waals surface area (Å²) in [5.74, 6) is 0.411. The Morgan fingerprint density at radius 2 is 1.61 bits per heavy atom. The van der Waals surface area contributed by atoms with Gasteiger partial charge in [-0.1, -0.05) is 78.9 Å². The van der Waals surface area contributed by atoms with Gasteiger partial charge in [-0.15, -0.1) is 0 Å². The average molecular weight is 445 g/mol. The second-order valence-corrected chi connectivity index (χ2v) is 8.54. The Morgan fingerprint density at radius 1 is 0.970 bits per heavy atom. The van der Waals surface area contributed by atoms with Crippen molar-refractivity contribution in [3.63, 3.8) is 0 Å². The topological polar surface area (TPSA) is 61.8 Å². The fraction of sp³-hybridized carbons (Fsp3) is 0.321. The molecule has 0 bridgehead atoms. The van der Waals surface area contributed by atoms with Gasteiger partial charge in [0.1, 0.15) is 5.75 Å². The van der Waals surface area contributed by atoms with Crippen LogP contribution in [0.15, 0.2) is 84.9 Å². The maximum atomic E-state index is 13.2. The van der Waals surface area contributed by atoms with Gasteiger partial charge in [-0.2, -0.15) is 0 Å². The number of urea groups is 1. The molecule has 2 amide bonds. The normalized spacial score (nSPS) is 15.5. The first-order chi connectivity index (χ1) is 16.2. The Hall–Kier alpha value is -3.31. The molecule has 0 aromatic heterocycles. The number of carbonyl (C=O) groups is 1. The van der Waals surface area contributed by atoms with Crippen LogP contribution < -0.4 is 5.32 Å². The third kappa shape index (κ3) is 6.36. The lowest BCUT2D eigenvalue weighted by molar-refractivity contribution is 0.0793. The van der Waals surface area contributed by atoms with Gasteiger partial charge >= 0.3 is 6.03 Å². The summed E-state index contributed by atoms with van der Waals surface area (Å²) in [5, 5.41) is 13.3. The van der Waals surface area contributed by atoms with Gasteiger partial charge < -0.3 is 20.1 Å². The molecule has 1 fully saturated rings. The van der Waals surface area contributed by atoms with Crippen LogP contribution in [0.2, 0.25) is 0 Å². The molecule has 1 aliphatic rings. The molecule has 172 valence electrons. The second-order valence-electron chi connectivity index (χ2n) is 8.54. The molecule has 5 heteroatoms. The van der Waals surface area contributed by atoms with Gasteiger partial charge in [0.15, 0.2) is 0 Å². The molecular formula is C28H32N2O3. The number of benzene rings is 3. The lowest BCUT2D eigenvalue weighted by Gasteiger charge is -2.27. The fourth-order valence-corrected chi connectivity index (χ4v) is 4.44. The Kier molecular flexibility index (Phi) is 7.99. The monoisotopic (exact) mass is 444 g/mol. The van der Waals surface area contributed by atoms with Gasteiger partial charge in [-0.25, -0.2) is 4.79 Å². The summed E-state index contributed by atoms with van der Waals surface area (Å²) >= 11 is 0. The Bertz CT molecular complexity index is 964. The van der Waals surface area contributed by atoms with Crippen LogP contribution in [0, 0.1) is 0 Å². The van der Waals surface area contributed by atoms with Crippen LogP contribution in [0.5, 0.6) is 5.75 Å². The highest BCUT2D eigenvalue weighted by Crippen LogP contribution is 2.27. The van der Waals surface area contributed by atoms with Crippen LogP contribution in [-0.2, 0) is 11.3 Å². The van der Waals surface area contributed by atoms with Crippen molar-refractivity contribution in [3.8, 4) is 5.75 Å². The van der Waals surface area contributed by atoms with Crippen LogP contribution in [0.4, 0.5) is 4.79 Å². The van der Waals surface area contributed by atoms with Crippen LogP contribution >= 0.6 is 0 Å². The molecule has 0 saturated carbocycles. The van der Waals surface area contributed by atoms with Crippen LogP contribution in [0.3, 0.4) is 0 Å². The molecule has 0 spiro atoms. The number of hydrogen-bond donors (Lipinski definition) is 2. The number of rotatable bonds is 9. The summed E-state index contributed by atoms with van der Waals surface area (Å²) in [6.45, 7) is 2.16. The van der Waals surface area contributed by atoms with E-state index in [2.05, 4.69) is 53.8 Å². The minimum absolute atomic E-state index is 0.0444. The molecule has 1 heterocycles. The quantitative estimate of drug-likeness (QED) is 0.470. The first-order valence-corrected chi connectivity index (χ1v) is 11.7. The van der Waals surface area contributed by atoms with Crippen molar-refractivity contribution in [2.24, 2.45) is 0 Å². The van der Waals surface area contributed by atoms with Crippen LogP contribution in [0.25, 0.3) is 0 Å². The molecular weight excluding hydrogens is 412 g/mol. The van der Waals surface area contributed by atoms with E-state index in [1.54, 1.807) is 17.0 Å². The van der Waals surface area contributed by atoms with E-state index in [0.717, 1.165) is 31.4 Å². The Labute approximate surface area is 196 Å². The summed E-state index contributed by atoms with van der Waals surface area (Å²) in [5.41, 5.74) is 3.21. The first-order valence-electron chi connectivity index (χ1n) is 11.7. The van der Waals surface area contributed by atoms with E-state index >= 15 is 0 Å². The number of nitrogens with zero attached hydrogens (tertiary/aromatic N) is 1. The third-order valence-corrected chi connectivity index (χ3v) is 6.20. The molecule has 1 aliphatic heterocycles. The van der Waals surface area contributed by atoms with Crippen LogP contribution in [-0.4, -0.2) is 41.8 Å².